The molecule has 0 aliphatic carbocycles. The molecule has 1 aliphatic heterocycles. The third-order valence-corrected chi connectivity index (χ3v) is 3.52. The summed E-state index contributed by atoms with van der Waals surface area (Å²) in [6, 6.07) is 2.80. The van der Waals surface area contributed by atoms with Gasteiger partial charge in [0.1, 0.15) is 0 Å². The Morgan fingerprint density at radius 2 is 2.35 bits per heavy atom. The lowest BCUT2D eigenvalue weighted by Crippen LogP contribution is -2.43. The van der Waals surface area contributed by atoms with E-state index in [1.807, 2.05) is 12.4 Å². The topological polar surface area (TPSA) is 28.2 Å². The van der Waals surface area contributed by atoms with Crippen molar-refractivity contribution in [2.75, 3.05) is 20.1 Å². The summed E-state index contributed by atoms with van der Waals surface area (Å²) < 4.78 is 1.06. The molecule has 2 rings (SSSR count). The first-order chi connectivity index (χ1) is 7.78. The Kier molecular flexibility index (Phi) is 6.41. The molecule has 1 saturated heterocycles. The van der Waals surface area contributed by atoms with Gasteiger partial charge in [-0.2, -0.15) is 0 Å². The van der Waals surface area contributed by atoms with E-state index in [-0.39, 0.29) is 12.4 Å². The van der Waals surface area contributed by atoms with Crippen LogP contribution in [0.2, 0.25) is 0 Å². The van der Waals surface area contributed by atoms with E-state index in [0.717, 1.165) is 17.6 Å². The van der Waals surface area contributed by atoms with Gasteiger partial charge in [-0.05, 0) is 54.0 Å². The zero-order valence-electron chi connectivity index (χ0n) is 10.0. The first kappa shape index (κ1) is 14.9. The van der Waals surface area contributed by atoms with Gasteiger partial charge in [0.05, 0.1) is 0 Å². The lowest BCUT2D eigenvalue weighted by atomic mass is 10.1. The number of hydrogen-bond acceptors (Lipinski definition) is 3. The fourth-order valence-corrected chi connectivity index (χ4v) is 2.65. The van der Waals surface area contributed by atoms with Gasteiger partial charge in [0.15, 0.2) is 0 Å². The van der Waals surface area contributed by atoms with E-state index in [0.29, 0.717) is 6.04 Å². The van der Waals surface area contributed by atoms with Gasteiger partial charge in [0.25, 0.3) is 0 Å². The third-order valence-electron chi connectivity index (χ3n) is 3.08. The summed E-state index contributed by atoms with van der Waals surface area (Å²) >= 11 is 3.46. The van der Waals surface area contributed by atoms with Crippen molar-refractivity contribution in [2.45, 2.75) is 25.4 Å². The Labute approximate surface area is 118 Å². The molecule has 1 aromatic rings. The molecule has 1 aliphatic rings. The number of hydrogen-bond donors (Lipinski definition) is 1. The summed E-state index contributed by atoms with van der Waals surface area (Å²) in [4.78, 5) is 6.69. The first-order valence-corrected chi connectivity index (χ1v) is 6.56. The maximum atomic E-state index is 4.20. The number of likely N-dealkylation sites (tertiary alicyclic amines) is 1. The van der Waals surface area contributed by atoms with Crippen molar-refractivity contribution in [1.29, 1.82) is 0 Å². The molecule has 3 nitrogen and oxygen atoms in total. The van der Waals surface area contributed by atoms with Crippen LogP contribution in [0.1, 0.15) is 18.4 Å². The van der Waals surface area contributed by atoms with Crippen molar-refractivity contribution in [3.05, 3.63) is 28.5 Å². The minimum absolute atomic E-state index is 0. The molecule has 5 heteroatoms. The molecule has 0 saturated carbocycles. The van der Waals surface area contributed by atoms with Crippen LogP contribution in [0.5, 0.6) is 0 Å². The summed E-state index contributed by atoms with van der Waals surface area (Å²) in [5, 5.41) is 3.36. The normalized spacial score (nSPS) is 20.9. The number of nitrogens with one attached hydrogen (secondary N) is 1. The fourth-order valence-electron chi connectivity index (χ4n) is 2.24. The second-order valence-corrected chi connectivity index (χ2v) is 5.29. The summed E-state index contributed by atoms with van der Waals surface area (Å²) in [5.41, 5.74) is 1.28. The van der Waals surface area contributed by atoms with Gasteiger partial charge in [-0.3, -0.25) is 9.88 Å². The summed E-state index contributed by atoms with van der Waals surface area (Å²) in [6.07, 6.45) is 6.36. The number of piperidine rings is 1. The monoisotopic (exact) mass is 319 g/mol. The first-order valence-electron chi connectivity index (χ1n) is 5.77. The Balaban J connectivity index is 0.00000144. The molecule has 96 valence electrons. The van der Waals surface area contributed by atoms with Gasteiger partial charge < -0.3 is 5.32 Å². The van der Waals surface area contributed by atoms with Crippen LogP contribution in [0.4, 0.5) is 0 Å². The predicted octanol–water partition coefficient (Wildman–Crippen LogP) is 2.45. The number of likely N-dealkylation sites (N-methyl/N-ethyl adjacent to an activating group) is 1. The highest BCUT2D eigenvalue weighted by Gasteiger charge is 2.18. The summed E-state index contributed by atoms with van der Waals surface area (Å²) in [6.45, 7) is 3.35. The molecule has 0 spiro atoms. The molecule has 1 N–H and O–H groups in total. The minimum Gasteiger partial charge on any atom is -0.316 e. The van der Waals surface area contributed by atoms with E-state index >= 15 is 0 Å². The Morgan fingerprint density at radius 3 is 3.06 bits per heavy atom. The molecule has 1 unspecified atom stereocenters. The number of rotatable bonds is 3. The number of aromatic nitrogens is 1. The largest absolute Gasteiger partial charge is 0.316 e. The molecule has 1 aromatic heterocycles. The standard InChI is InChI=1S/C12H18BrN3.ClH/c1-14-12-3-2-4-16(9-12)8-10-5-11(13)7-15-6-10;/h5-7,12,14H,2-4,8-9H2,1H3;1H. The maximum Gasteiger partial charge on any atom is 0.0410 e. The summed E-state index contributed by atoms with van der Waals surface area (Å²) in [5.74, 6) is 0. The molecule has 1 fully saturated rings. The zero-order valence-corrected chi connectivity index (χ0v) is 12.4. The van der Waals surface area contributed by atoms with Crippen molar-refractivity contribution in [3.63, 3.8) is 0 Å². The highest BCUT2D eigenvalue weighted by Crippen LogP contribution is 2.15. The second-order valence-electron chi connectivity index (χ2n) is 4.37. The molecule has 0 aromatic carbocycles. The van der Waals surface area contributed by atoms with Crippen molar-refractivity contribution in [1.82, 2.24) is 15.2 Å². The van der Waals surface area contributed by atoms with E-state index in [4.69, 9.17) is 0 Å². The van der Waals surface area contributed by atoms with E-state index < -0.39 is 0 Å². The Morgan fingerprint density at radius 1 is 1.53 bits per heavy atom. The third kappa shape index (κ3) is 4.54. The van der Waals surface area contributed by atoms with Crippen LogP contribution in [-0.4, -0.2) is 36.1 Å². The van der Waals surface area contributed by atoms with Crippen LogP contribution in [0.3, 0.4) is 0 Å². The van der Waals surface area contributed by atoms with Crippen molar-refractivity contribution >= 4 is 28.3 Å². The molecule has 2 heterocycles. The Hall–Kier alpha value is -0.160. The van der Waals surface area contributed by atoms with Crippen molar-refractivity contribution in [3.8, 4) is 0 Å². The lowest BCUT2D eigenvalue weighted by molar-refractivity contribution is 0.188. The number of halogens is 2. The quantitative estimate of drug-likeness (QED) is 0.927. The van der Waals surface area contributed by atoms with Crippen molar-refractivity contribution in [2.24, 2.45) is 0 Å². The van der Waals surface area contributed by atoms with E-state index in [1.54, 1.807) is 0 Å². The fraction of sp³-hybridized carbons (Fsp3) is 0.583. The lowest BCUT2D eigenvalue weighted by Gasteiger charge is -2.32. The SMILES string of the molecule is CNC1CCCN(Cc2cncc(Br)c2)C1.Cl. The van der Waals surface area contributed by atoms with Gasteiger partial charge >= 0.3 is 0 Å². The molecular formula is C12H19BrClN3. The van der Waals surface area contributed by atoms with Gasteiger partial charge in [0, 0.05) is 36.0 Å². The molecule has 0 radical (unpaired) electrons. The highest BCUT2D eigenvalue weighted by atomic mass is 79.9. The molecule has 0 bridgehead atoms. The minimum atomic E-state index is 0. The van der Waals surface area contributed by atoms with E-state index in [9.17, 15) is 0 Å². The Bertz CT molecular complexity index is 348. The maximum absolute atomic E-state index is 4.20. The van der Waals surface area contributed by atoms with Crippen molar-refractivity contribution < 1.29 is 0 Å². The smallest absolute Gasteiger partial charge is 0.0410 e. The molecule has 1 atom stereocenters. The molecular weight excluding hydrogens is 302 g/mol. The van der Waals surface area contributed by atoms with Gasteiger partial charge in [-0.15, -0.1) is 12.4 Å². The van der Waals surface area contributed by atoms with Crippen LogP contribution >= 0.6 is 28.3 Å². The van der Waals surface area contributed by atoms with Crippen LogP contribution < -0.4 is 5.32 Å². The molecule has 17 heavy (non-hydrogen) atoms. The average molecular weight is 321 g/mol. The van der Waals surface area contributed by atoms with Crippen LogP contribution in [0.15, 0.2) is 22.9 Å². The molecule has 0 amide bonds. The van der Waals surface area contributed by atoms with Gasteiger partial charge in [0.2, 0.25) is 0 Å². The zero-order chi connectivity index (χ0) is 11.4. The second kappa shape index (κ2) is 7.31. The number of pyridine rings is 1. The summed E-state index contributed by atoms with van der Waals surface area (Å²) in [7, 11) is 2.05. The van der Waals surface area contributed by atoms with Crippen LogP contribution in [0, 0.1) is 0 Å². The highest BCUT2D eigenvalue weighted by molar-refractivity contribution is 9.10. The van der Waals surface area contributed by atoms with Crippen LogP contribution in [0.25, 0.3) is 0 Å². The van der Waals surface area contributed by atoms with Crippen LogP contribution in [-0.2, 0) is 6.54 Å². The van der Waals surface area contributed by atoms with E-state index in [2.05, 4.69) is 44.2 Å². The van der Waals surface area contributed by atoms with Gasteiger partial charge in [-0.25, -0.2) is 0 Å². The van der Waals surface area contributed by atoms with Gasteiger partial charge in [-0.1, -0.05) is 0 Å². The predicted molar refractivity (Wildman–Crippen MR) is 76.5 cm³/mol. The van der Waals surface area contributed by atoms with E-state index in [1.165, 1.54) is 24.9 Å². The average Bonchev–Trinajstić information content (AvgIpc) is 2.29. The number of nitrogens with zero attached hydrogens (tertiary/aromatic N) is 2.